The van der Waals surface area contributed by atoms with Crippen molar-refractivity contribution >= 4 is 5.78 Å². The van der Waals surface area contributed by atoms with E-state index in [0.717, 1.165) is 19.5 Å². The van der Waals surface area contributed by atoms with E-state index in [-0.39, 0.29) is 5.78 Å². The molecule has 0 saturated heterocycles. The Balaban J connectivity index is 2.70. The first-order chi connectivity index (χ1) is 8.82. The number of benzene rings is 1. The molecule has 1 rings (SSSR count). The zero-order valence-electron chi connectivity index (χ0n) is 13.3. The van der Waals surface area contributed by atoms with Crippen molar-refractivity contribution in [1.82, 2.24) is 4.90 Å². The monoisotopic (exact) mass is 261 g/mol. The number of rotatable bonds is 6. The number of aryl methyl sites for hydroxylation is 2. The fourth-order valence-electron chi connectivity index (χ4n) is 2.44. The van der Waals surface area contributed by atoms with Gasteiger partial charge in [-0.15, -0.1) is 0 Å². The number of carbonyl (C=O) groups is 1. The first-order valence-corrected chi connectivity index (χ1v) is 7.07. The zero-order chi connectivity index (χ0) is 14.6. The molecule has 0 amide bonds. The van der Waals surface area contributed by atoms with Crippen LogP contribution in [0.1, 0.15) is 41.2 Å². The molecule has 0 aliphatic carbocycles. The lowest BCUT2D eigenvalue weighted by atomic mass is 9.92. The van der Waals surface area contributed by atoms with E-state index < -0.39 is 0 Å². The third-order valence-corrected chi connectivity index (χ3v) is 4.11. The molecule has 2 nitrogen and oxygen atoms in total. The molecule has 0 spiro atoms. The van der Waals surface area contributed by atoms with Gasteiger partial charge in [-0.2, -0.15) is 0 Å². The van der Waals surface area contributed by atoms with Gasteiger partial charge in [0.15, 0.2) is 0 Å². The Labute approximate surface area is 117 Å². The quantitative estimate of drug-likeness (QED) is 0.782. The highest BCUT2D eigenvalue weighted by Crippen LogP contribution is 2.22. The third-order valence-electron chi connectivity index (χ3n) is 4.11. The van der Waals surface area contributed by atoms with Gasteiger partial charge in [0.2, 0.25) is 0 Å². The van der Waals surface area contributed by atoms with Gasteiger partial charge in [0.05, 0.1) is 0 Å². The van der Waals surface area contributed by atoms with E-state index in [4.69, 9.17) is 0 Å². The Morgan fingerprint density at radius 2 is 1.58 bits per heavy atom. The molecule has 0 aliphatic heterocycles. The summed E-state index contributed by atoms with van der Waals surface area (Å²) in [7, 11) is 2.09. The molecular formula is C17H27NO. The van der Waals surface area contributed by atoms with Gasteiger partial charge < -0.3 is 4.90 Å². The molecule has 0 radical (unpaired) electrons. The van der Waals surface area contributed by atoms with Gasteiger partial charge in [-0.05, 0) is 75.9 Å². The summed E-state index contributed by atoms with van der Waals surface area (Å²) in [5.74, 6) is 0.269. The normalized spacial score (nSPS) is 11.1. The fourth-order valence-corrected chi connectivity index (χ4v) is 2.44. The molecule has 0 N–H and O–H groups in total. The van der Waals surface area contributed by atoms with E-state index in [1.165, 1.54) is 27.8 Å². The molecular weight excluding hydrogens is 234 g/mol. The highest BCUT2D eigenvalue weighted by molar-refractivity contribution is 5.75. The van der Waals surface area contributed by atoms with Crippen LogP contribution in [0.2, 0.25) is 0 Å². The molecule has 1 aromatic rings. The predicted molar refractivity (Wildman–Crippen MR) is 81.9 cm³/mol. The molecule has 0 unspecified atom stereocenters. The Morgan fingerprint density at radius 1 is 1.05 bits per heavy atom. The van der Waals surface area contributed by atoms with Crippen molar-refractivity contribution in [1.29, 1.82) is 0 Å². The number of nitrogens with zero attached hydrogens (tertiary/aromatic N) is 1. The molecule has 0 saturated carbocycles. The lowest BCUT2D eigenvalue weighted by molar-refractivity contribution is -0.117. The smallest absolute Gasteiger partial charge is 0.131 e. The van der Waals surface area contributed by atoms with Crippen LogP contribution in [0.25, 0.3) is 0 Å². The number of hydrogen-bond donors (Lipinski definition) is 0. The Morgan fingerprint density at radius 3 is 2.05 bits per heavy atom. The highest BCUT2D eigenvalue weighted by Gasteiger charge is 2.09. The number of ketones is 1. The van der Waals surface area contributed by atoms with E-state index in [9.17, 15) is 4.79 Å². The molecule has 2 heteroatoms. The summed E-state index contributed by atoms with van der Waals surface area (Å²) in [6.07, 6.45) is 1.72. The van der Waals surface area contributed by atoms with Crippen molar-refractivity contribution in [3.05, 3.63) is 33.9 Å². The average Bonchev–Trinajstić information content (AvgIpc) is 2.34. The molecule has 106 valence electrons. The molecule has 0 aliphatic rings. The SMILES string of the molecule is CC(=O)CCN(C)CCc1c(C)c(C)cc(C)c1C. The molecule has 0 heterocycles. The second kappa shape index (κ2) is 6.85. The molecule has 19 heavy (non-hydrogen) atoms. The summed E-state index contributed by atoms with van der Waals surface area (Å²) >= 11 is 0. The van der Waals surface area contributed by atoms with E-state index >= 15 is 0 Å². The van der Waals surface area contributed by atoms with Gasteiger partial charge in [-0.3, -0.25) is 4.79 Å². The molecule has 0 fully saturated rings. The summed E-state index contributed by atoms with van der Waals surface area (Å²) in [5.41, 5.74) is 7.08. The van der Waals surface area contributed by atoms with Crippen molar-refractivity contribution in [2.75, 3.05) is 20.1 Å². The van der Waals surface area contributed by atoms with Crippen LogP contribution in [0, 0.1) is 27.7 Å². The standard InChI is InChI=1S/C17H27NO/c1-12-11-13(2)16(5)17(15(12)4)8-10-18(6)9-7-14(3)19/h11H,7-10H2,1-6H3. The molecule has 0 atom stereocenters. The molecule has 0 bridgehead atoms. The van der Waals surface area contributed by atoms with Gasteiger partial charge in [0, 0.05) is 19.5 Å². The number of hydrogen-bond acceptors (Lipinski definition) is 2. The summed E-state index contributed by atoms with van der Waals surface area (Å²) in [6.45, 7) is 12.3. The van der Waals surface area contributed by atoms with Gasteiger partial charge in [-0.25, -0.2) is 0 Å². The second-order valence-corrected chi connectivity index (χ2v) is 5.74. The lowest BCUT2D eigenvalue weighted by Crippen LogP contribution is -2.24. The summed E-state index contributed by atoms with van der Waals surface area (Å²) in [4.78, 5) is 13.2. The van der Waals surface area contributed by atoms with Crippen molar-refractivity contribution in [2.45, 2.75) is 47.5 Å². The maximum atomic E-state index is 11.0. The van der Waals surface area contributed by atoms with Crippen LogP contribution in [0.15, 0.2) is 6.07 Å². The van der Waals surface area contributed by atoms with Crippen LogP contribution in [0.5, 0.6) is 0 Å². The first kappa shape index (κ1) is 15.9. The molecule has 1 aromatic carbocycles. The van der Waals surface area contributed by atoms with Crippen LogP contribution in [-0.4, -0.2) is 30.8 Å². The second-order valence-electron chi connectivity index (χ2n) is 5.74. The van der Waals surface area contributed by atoms with Crippen LogP contribution in [-0.2, 0) is 11.2 Å². The highest BCUT2D eigenvalue weighted by atomic mass is 16.1. The van der Waals surface area contributed by atoms with Crippen molar-refractivity contribution in [3.8, 4) is 0 Å². The largest absolute Gasteiger partial charge is 0.306 e. The van der Waals surface area contributed by atoms with Crippen LogP contribution in [0.4, 0.5) is 0 Å². The predicted octanol–water partition coefficient (Wildman–Crippen LogP) is 3.37. The summed E-state index contributed by atoms with van der Waals surface area (Å²) in [6, 6.07) is 2.27. The maximum Gasteiger partial charge on any atom is 0.131 e. The van der Waals surface area contributed by atoms with Crippen molar-refractivity contribution in [3.63, 3.8) is 0 Å². The topological polar surface area (TPSA) is 20.3 Å². The third kappa shape index (κ3) is 4.46. The van der Waals surface area contributed by atoms with E-state index in [1.807, 2.05) is 0 Å². The van der Waals surface area contributed by atoms with Gasteiger partial charge in [-0.1, -0.05) is 6.07 Å². The number of carbonyl (C=O) groups excluding carboxylic acids is 1. The van der Waals surface area contributed by atoms with Gasteiger partial charge >= 0.3 is 0 Å². The van der Waals surface area contributed by atoms with E-state index in [2.05, 4.69) is 45.7 Å². The fraction of sp³-hybridized carbons (Fsp3) is 0.588. The van der Waals surface area contributed by atoms with Crippen molar-refractivity contribution < 1.29 is 4.79 Å². The Kier molecular flexibility index (Phi) is 5.74. The van der Waals surface area contributed by atoms with Crippen molar-refractivity contribution in [2.24, 2.45) is 0 Å². The number of likely N-dealkylation sites (N-methyl/N-ethyl adjacent to an activating group) is 1. The zero-order valence-corrected chi connectivity index (χ0v) is 13.3. The van der Waals surface area contributed by atoms with Crippen LogP contribution >= 0.6 is 0 Å². The van der Waals surface area contributed by atoms with E-state index in [1.54, 1.807) is 6.92 Å². The summed E-state index contributed by atoms with van der Waals surface area (Å²) < 4.78 is 0. The first-order valence-electron chi connectivity index (χ1n) is 7.07. The summed E-state index contributed by atoms with van der Waals surface area (Å²) in [5, 5.41) is 0. The van der Waals surface area contributed by atoms with Crippen LogP contribution < -0.4 is 0 Å². The average molecular weight is 261 g/mol. The maximum absolute atomic E-state index is 11.0. The minimum Gasteiger partial charge on any atom is -0.306 e. The van der Waals surface area contributed by atoms with E-state index in [0.29, 0.717) is 6.42 Å². The van der Waals surface area contributed by atoms with Crippen LogP contribution in [0.3, 0.4) is 0 Å². The minimum atomic E-state index is 0.269. The Bertz CT molecular complexity index is 437. The van der Waals surface area contributed by atoms with Gasteiger partial charge in [0.1, 0.15) is 5.78 Å². The van der Waals surface area contributed by atoms with Gasteiger partial charge in [0.25, 0.3) is 0 Å². The lowest BCUT2D eigenvalue weighted by Gasteiger charge is -2.19. The minimum absolute atomic E-state index is 0.269. The number of Topliss-reactive ketones (excluding diaryl/α,β-unsaturated/α-hetero) is 1. The molecule has 0 aromatic heterocycles. The Hall–Kier alpha value is -1.15.